The van der Waals surface area contributed by atoms with Crippen LogP contribution >= 0.6 is 7.82 Å². The first-order chi connectivity index (χ1) is 57.7. The van der Waals surface area contributed by atoms with Crippen molar-refractivity contribution in [2.75, 3.05) is 26.4 Å². The summed E-state index contributed by atoms with van der Waals surface area (Å²) in [6.45, 7) is 5.62. The highest BCUT2D eigenvalue weighted by Gasteiger charge is 2.60. The Morgan fingerprint density at radius 1 is 0.328 bits per heavy atom. The lowest BCUT2D eigenvalue weighted by atomic mass is 9.84. The molecule has 700 valence electrons. The SMILES string of the molecule is CCCCCC/C=C\CCCCCCCCCC(=O)OC(COC(=O)CCCCCCCCCCCCCCCCCC)COP(=O)(O)OC1C(OC2OC(CO)C(O)C(O)C2O)C(O)C(O)C(OC(=O)CCCCCCCCCCCCCCCCCC)C1OC1OC(COC(=O)CCCCCCCCCCCCCCC)C(O)C(O)C1O. The third kappa shape index (κ3) is 52.2. The quantitative estimate of drug-likeness (QED) is 0.00889. The van der Waals surface area contributed by atoms with Crippen molar-refractivity contribution >= 4 is 31.7 Å². The van der Waals surface area contributed by atoms with Crippen molar-refractivity contribution in [1.82, 2.24) is 0 Å². The molecule has 119 heavy (non-hydrogen) atoms. The molecule has 0 radical (unpaired) electrons. The number of aliphatic hydroxyl groups is 9. The number of unbranched alkanes of at least 4 members (excludes halogenated alkanes) is 53. The Morgan fingerprint density at radius 2 is 0.630 bits per heavy atom. The van der Waals surface area contributed by atoms with Crippen LogP contribution in [0.25, 0.3) is 0 Å². The minimum Gasteiger partial charge on any atom is -0.463 e. The number of hydrogen-bond acceptors (Lipinski definition) is 24. The van der Waals surface area contributed by atoms with Gasteiger partial charge in [0.05, 0.1) is 13.2 Å². The predicted octanol–water partition coefficient (Wildman–Crippen LogP) is 18.3. The second-order valence-corrected chi connectivity index (χ2v) is 36.0. The molecule has 0 amide bonds. The summed E-state index contributed by atoms with van der Waals surface area (Å²) in [5.41, 5.74) is 0. The Morgan fingerprint density at radius 3 is 1.01 bits per heavy atom. The van der Waals surface area contributed by atoms with E-state index in [9.17, 15) is 74.6 Å². The molecule has 3 aliphatic rings. The molecule has 1 aliphatic carbocycles. The average Bonchev–Trinajstić information content (AvgIpc) is 0.754. The zero-order valence-corrected chi connectivity index (χ0v) is 75.6. The fraction of sp³-hybridized carbons (Fsp3) is 0.935. The first-order valence-corrected chi connectivity index (χ1v) is 49.9. The van der Waals surface area contributed by atoms with Gasteiger partial charge in [-0.05, 0) is 51.4 Å². The molecule has 0 aromatic heterocycles. The smallest absolute Gasteiger partial charge is 0.463 e. The molecular formula is C93H173O25P. The molecular weight excluding hydrogens is 1550 g/mol. The van der Waals surface area contributed by atoms with E-state index in [1.54, 1.807) is 0 Å². The fourth-order valence-corrected chi connectivity index (χ4v) is 17.0. The monoisotopic (exact) mass is 1720 g/mol. The van der Waals surface area contributed by atoms with Crippen LogP contribution in [0.5, 0.6) is 0 Å². The third-order valence-electron chi connectivity index (χ3n) is 23.8. The first-order valence-electron chi connectivity index (χ1n) is 48.4. The van der Waals surface area contributed by atoms with Gasteiger partial charge in [0.15, 0.2) is 24.8 Å². The average molecular weight is 1720 g/mol. The van der Waals surface area contributed by atoms with Crippen molar-refractivity contribution in [3.05, 3.63) is 12.2 Å². The van der Waals surface area contributed by atoms with E-state index in [0.717, 1.165) is 141 Å². The number of carbonyl (C=O) groups excluding carboxylic acids is 4. The normalized spacial score (nSPS) is 24.8. The maximum atomic E-state index is 14.9. The molecule has 18 atom stereocenters. The molecule has 2 saturated heterocycles. The van der Waals surface area contributed by atoms with Crippen LogP contribution in [0.1, 0.15) is 426 Å². The molecule has 18 unspecified atom stereocenters. The largest absolute Gasteiger partial charge is 0.472 e. The van der Waals surface area contributed by atoms with Gasteiger partial charge in [-0.3, -0.25) is 28.2 Å². The Labute approximate surface area is 718 Å². The van der Waals surface area contributed by atoms with E-state index in [4.69, 9.17) is 46.9 Å². The van der Waals surface area contributed by atoms with Gasteiger partial charge in [-0.1, -0.05) is 361 Å². The molecule has 2 aliphatic heterocycles. The van der Waals surface area contributed by atoms with Crippen molar-refractivity contribution in [2.45, 2.75) is 530 Å². The number of aliphatic hydroxyl groups excluding tert-OH is 9. The lowest BCUT2D eigenvalue weighted by molar-refractivity contribution is -0.360. The van der Waals surface area contributed by atoms with Crippen LogP contribution in [0.15, 0.2) is 12.2 Å². The lowest BCUT2D eigenvalue weighted by Gasteiger charge is -2.50. The van der Waals surface area contributed by atoms with Crippen molar-refractivity contribution in [3.63, 3.8) is 0 Å². The minimum absolute atomic E-state index is 0.0186. The summed E-state index contributed by atoms with van der Waals surface area (Å²) >= 11 is 0. The molecule has 2 heterocycles. The summed E-state index contributed by atoms with van der Waals surface area (Å²) < 4.78 is 73.5. The third-order valence-corrected chi connectivity index (χ3v) is 24.8. The van der Waals surface area contributed by atoms with E-state index in [2.05, 4.69) is 39.8 Å². The van der Waals surface area contributed by atoms with E-state index in [1.165, 1.54) is 193 Å². The minimum atomic E-state index is -5.81. The van der Waals surface area contributed by atoms with Crippen LogP contribution in [0.3, 0.4) is 0 Å². The van der Waals surface area contributed by atoms with Gasteiger partial charge in [0.25, 0.3) is 0 Å². The van der Waals surface area contributed by atoms with Gasteiger partial charge >= 0.3 is 31.7 Å². The highest BCUT2D eigenvalue weighted by Crippen LogP contribution is 2.49. The van der Waals surface area contributed by atoms with E-state index in [1.807, 2.05) is 0 Å². The Hall–Kier alpha value is -2.79. The van der Waals surface area contributed by atoms with Crippen molar-refractivity contribution < 1.29 is 122 Å². The van der Waals surface area contributed by atoms with Crippen LogP contribution in [0.2, 0.25) is 0 Å². The number of allylic oxidation sites excluding steroid dienone is 2. The number of carbonyl (C=O) groups is 4. The molecule has 0 spiro atoms. The summed E-state index contributed by atoms with van der Waals surface area (Å²) in [6, 6.07) is 0. The molecule has 3 rings (SSSR count). The number of esters is 4. The Kier molecular flexibility index (Phi) is 67.0. The van der Waals surface area contributed by atoms with Crippen molar-refractivity contribution in [1.29, 1.82) is 0 Å². The van der Waals surface area contributed by atoms with Gasteiger partial charge in [-0.25, -0.2) is 4.57 Å². The number of phosphoric acid groups is 1. The molecule has 25 nitrogen and oxygen atoms in total. The topological polar surface area (TPSA) is 380 Å². The zero-order chi connectivity index (χ0) is 86.8. The highest BCUT2D eigenvalue weighted by molar-refractivity contribution is 7.47. The molecule has 0 aromatic carbocycles. The first kappa shape index (κ1) is 110. The molecule has 3 fully saturated rings. The number of ether oxygens (including phenoxy) is 8. The van der Waals surface area contributed by atoms with Gasteiger partial charge in [-0.2, -0.15) is 0 Å². The number of phosphoric ester groups is 1. The second kappa shape index (κ2) is 72.3. The maximum absolute atomic E-state index is 14.9. The van der Waals surface area contributed by atoms with Crippen LogP contribution < -0.4 is 0 Å². The van der Waals surface area contributed by atoms with E-state index in [0.29, 0.717) is 38.5 Å². The fourth-order valence-electron chi connectivity index (χ4n) is 16.1. The molecule has 0 aromatic rings. The summed E-state index contributed by atoms with van der Waals surface area (Å²) in [4.78, 5) is 66.5. The number of hydrogen-bond donors (Lipinski definition) is 10. The van der Waals surface area contributed by atoms with Crippen LogP contribution in [-0.4, -0.2) is 205 Å². The molecule has 0 bridgehead atoms. The van der Waals surface area contributed by atoms with Crippen LogP contribution in [-0.2, 0) is 70.7 Å². The van der Waals surface area contributed by atoms with E-state index >= 15 is 0 Å². The Balaban J connectivity index is 1.91. The highest BCUT2D eigenvalue weighted by atomic mass is 31.2. The van der Waals surface area contributed by atoms with Gasteiger partial charge in [0.1, 0.15) is 92.6 Å². The van der Waals surface area contributed by atoms with Gasteiger partial charge < -0.3 is 88.7 Å². The summed E-state index contributed by atoms with van der Waals surface area (Å²) in [6.07, 6.45) is 31.8. The van der Waals surface area contributed by atoms with E-state index < -0.39 is 162 Å². The van der Waals surface area contributed by atoms with Gasteiger partial charge in [-0.15, -0.1) is 0 Å². The molecule has 26 heteroatoms. The summed E-state index contributed by atoms with van der Waals surface area (Å²) in [5.74, 6) is -2.95. The summed E-state index contributed by atoms with van der Waals surface area (Å²) in [5, 5.41) is 102. The van der Waals surface area contributed by atoms with Crippen LogP contribution in [0.4, 0.5) is 0 Å². The van der Waals surface area contributed by atoms with Crippen molar-refractivity contribution in [2.24, 2.45) is 0 Å². The molecule has 10 N–H and O–H groups in total. The predicted molar refractivity (Wildman–Crippen MR) is 463 cm³/mol. The second-order valence-electron chi connectivity index (χ2n) is 34.6. The maximum Gasteiger partial charge on any atom is 0.472 e. The van der Waals surface area contributed by atoms with E-state index in [-0.39, 0.29) is 25.7 Å². The van der Waals surface area contributed by atoms with Crippen LogP contribution in [0, 0.1) is 0 Å². The Bertz CT molecular complexity index is 2520. The zero-order valence-electron chi connectivity index (χ0n) is 74.7. The standard InChI is InChI=1S/C93H173O25P/c1-5-9-13-17-21-25-29-33-36-39-42-46-49-53-57-61-65-76(95)109-70-73(112-78(97)67-63-59-55-51-47-43-38-35-31-27-23-19-15-11-7-3)71-111-119(107,108)118-91-89(116-92-86(105)82(101)80(99)74(69-94)113-92)85(104)84(103)88(115-79(98)68-64-60-56-52-48-44-40-37-34-30-26-22-18-14-10-6-2)90(91)117-93-87(106)83(102)81(100)75(114-93)72-110-77(96)66-62-58-54-50-45-41-32-28-24-20-16-12-8-4/h27,31,73-75,80-94,99-106H,5-26,28-30,32-72H2,1-4H3,(H,107,108)/b31-27-. The number of rotatable bonds is 79. The van der Waals surface area contributed by atoms with Crippen molar-refractivity contribution in [3.8, 4) is 0 Å². The lowest BCUT2D eigenvalue weighted by Crippen LogP contribution is -2.70. The van der Waals surface area contributed by atoms with Gasteiger partial charge in [0.2, 0.25) is 0 Å². The molecule has 1 saturated carbocycles. The summed E-state index contributed by atoms with van der Waals surface area (Å²) in [7, 11) is -5.81. The van der Waals surface area contributed by atoms with Gasteiger partial charge in [0, 0.05) is 25.7 Å².